The van der Waals surface area contributed by atoms with Gasteiger partial charge in [-0.05, 0) is 25.1 Å². The monoisotopic (exact) mass is 396 g/mol. The van der Waals surface area contributed by atoms with Gasteiger partial charge in [-0.1, -0.05) is 42.1 Å². The molecule has 8 heteroatoms. The van der Waals surface area contributed by atoms with Gasteiger partial charge in [-0.3, -0.25) is 14.2 Å². The highest BCUT2D eigenvalue weighted by atomic mass is 32.2. The number of halogens is 1. The first-order chi connectivity index (χ1) is 13.6. The predicted molar refractivity (Wildman–Crippen MR) is 109 cm³/mol. The summed E-state index contributed by atoms with van der Waals surface area (Å²) in [4.78, 5) is 32.8. The van der Waals surface area contributed by atoms with Gasteiger partial charge in [-0.25, -0.2) is 9.37 Å². The van der Waals surface area contributed by atoms with Gasteiger partial charge in [0.15, 0.2) is 5.16 Å². The van der Waals surface area contributed by atoms with Crippen molar-refractivity contribution in [1.82, 2.24) is 14.5 Å². The summed E-state index contributed by atoms with van der Waals surface area (Å²) in [5.74, 6) is -0.857. The number of nitrogens with zero attached hydrogens (tertiary/aromatic N) is 2. The standard InChI is InChI=1S/C20H17FN4O2S/c1-2-25-19(27)18-17(12-7-3-5-9-14(12)23-18)24-20(25)28-11-16(26)22-15-10-6-4-8-13(15)21/h3-10,23H,2,11H2,1H3,(H,22,26). The first kappa shape index (κ1) is 18.2. The van der Waals surface area contributed by atoms with Gasteiger partial charge in [-0.2, -0.15) is 0 Å². The van der Waals surface area contributed by atoms with E-state index in [2.05, 4.69) is 15.3 Å². The quantitative estimate of drug-likeness (QED) is 0.398. The molecule has 0 bridgehead atoms. The zero-order chi connectivity index (χ0) is 19.7. The molecule has 2 N–H and O–H groups in total. The average Bonchev–Trinajstić information content (AvgIpc) is 3.07. The van der Waals surface area contributed by atoms with E-state index in [9.17, 15) is 14.0 Å². The van der Waals surface area contributed by atoms with Crippen LogP contribution in [0.3, 0.4) is 0 Å². The van der Waals surface area contributed by atoms with Crippen LogP contribution in [0.1, 0.15) is 6.92 Å². The van der Waals surface area contributed by atoms with Crippen molar-refractivity contribution in [3.05, 3.63) is 64.7 Å². The molecule has 0 aliphatic carbocycles. The molecule has 142 valence electrons. The largest absolute Gasteiger partial charge is 0.349 e. The SMILES string of the molecule is CCn1c(SCC(=O)Nc2ccccc2F)nc2c([nH]c3ccccc32)c1=O. The Balaban J connectivity index is 1.64. The van der Waals surface area contributed by atoms with E-state index in [1.54, 1.807) is 12.1 Å². The zero-order valence-electron chi connectivity index (χ0n) is 15.0. The fourth-order valence-electron chi connectivity index (χ4n) is 3.04. The van der Waals surface area contributed by atoms with Crippen molar-refractivity contribution in [2.75, 3.05) is 11.1 Å². The normalized spacial score (nSPS) is 11.2. The Morgan fingerprint density at radius 1 is 1.21 bits per heavy atom. The lowest BCUT2D eigenvalue weighted by Crippen LogP contribution is -2.23. The van der Waals surface area contributed by atoms with Crippen LogP contribution in [0.4, 0.5) is 10.1 Å². The fourth-order valence-corrected chi connectivity index (χ4v) is 3.90. The van der Waals surface area contributed by atoms with Gasteiger partial charge in [0.1, 0.15) is 16.9 Å². The fraction of sp³-hybridized carbons (Fsp3) is 0.150. The predicted octanol–water partition coefficient (Wildman–Crippen LogP) is 3.77. The Morgan fingerprint density at radius 3 is 2.75 bits per heavy atom. The molecular weight excluding hydrogens is 379 g/mol. The third kappa shape index (κ3) is 3.27. The van der Waals surface area contributed by atoms with Crippen LogP contribution in [0.2, 0.25) is 0 Å². The summed E-state index contributed by atoms with van der Waals surface area (Å²) < 4.78 is 15.2. The van der Waals surface area contributed by atoms with Crippen molar-refractivity contribution in [1.29, 1.82) is 0 Å². The second-order valence-corrected chi connectivity index (χ2v) is 7.10. The van der Waals surface area contributed by atoms with Gasteiger partial charge in [0.05, 0.1) is 11.4 Å². The number of hydrogen-bond donors (Lipinski definition) is 2. The second kappa shape index (κ2) is 7.47. The molecule has 28 heavy (non-hydrogen) atoms. The van der Waals surface area contributed by atoms with Gasteiger partial charge in [0, 0.05) is 17.4 Å². The molecule has 0 spiro atoms. The van der Waals surface area contributed by atoms with E-state index in [1.165, 1.54) is 16.7 Å². The van der Waals surface area contributed by atoms with E-state index in [0.29, 0.717) is 22.7 Å². The molecule has 4 rings (SSSR count). The first-order valence-electron chi connectivity index (χ1n) is 8.77. The van der Waals surface area contributed by atoms with Crippen LogP contribution in [0.15, 0.2) is 58.5 Å². The number of nitrogens with one attached hydrogen (secondary N) is 2. The van der Waals surface area contributed by atoms with E-state index in [4.69, 9.17) is 0 Å². The number of benzene rings is 2. The van der Waals surface area contributed by atoms with Crippen LogP contribution < -0.4 is 10.9 Å². The minimum Gasteiger partial charge on any atom is -0.349 e. The van der Waals surface area contributed by atoms with E-state index < -0.39 is 5.82 Å². The lowest BCUT2D eigenvalue weighted by atomic mass is 10.2. The number of hydrogen-bond acceptors (Lipinski definition) is 4. The highest BCUT2D eigenvalue weighted by Crippen LogP contribution is 2.24. The smallest absolute Gasteiger partial charge is 0.278 e. The van der Waals surface area contributed by atoms with E-state index in [-0.39, 0.29) is 22.9 Å². The maximum Gasteiger partial charge on any atom is 0.278 e. The van der Waals surface area contributed by atoms with Crippen molar-refractivity contribution in [2.24, 2.45) is 0 Å². The van der Waals surface area contributed by atoms with Gasteiger partial charge in [0.2, 0.25) is 5.91 Å². The summed E-state index contributed by atoms with van der Waals surface area (Å²) in [6, 6.07) is 13.5. The highest BCUT2D eigenvalue weighted by molar-refractivity contribution is 7.99. The van der Waals surface area contributed by atoms with E-state index >= 15 is 0 Å². The number of para-hydroxylation sites is 2. The summed E-state index contributed by atoms with van der Waals surface area (Å²) >= 11 is 1.15. The van der Waals surface area contributed by atoms with E-state index in [0.717, 1.165) is 22.7 Å². The summed E-state index contributed by atoms with van der Waals surface area (Å²) in [5, 5.41) is 3.85. The molecule has 2 heterocycles. The molecule has 2 aromatic heterocycles. The topological polar surface area (TPSA) is 79.8 Å². The molecule has 0 saturated heterocycles. The van der Waals surface area contributed by atoms with Crippen LogP contribution >= 0.6 is 11.8 Å². The summed E-state index contributed by atoms with van der Waals surface area (Å²) in [7, 11) is 0. The third-order valence-corrected chi connectivity index (χ3v) is 5.35. The van der Waals surface area contributed by atoms with Crippen molar-refractivity contribution >= 4 is 45.3 Å². The molecule has 6 nitrogen and oxygen atoms in total. The molecule has 0 radical (unpaired) electrons. The lowest BCUT2D eigenvalue weighted by Gasteiger charge is -2.10. The Kier molecular flexibility index (Phi) is 4.87. The molecule has 1 amide bonds. The second-order valence-electron chi connectivity index (χ2n) is 6.15. The summed E-state index contributed by atoms with van der Waals surface area (Å²) in [6.45, 7) is 2.27. The molecular formula is C20H17FN4O2S. The number of aromatic amines is 1. The summed E-state index contributed by atoms with van der Waals surface area (Å²) in [6.07, 6.45) is 0. The summed E-state index contributed by atoms with van der Waals surface area (Å²) in [5.41, 5.74) is 1.82. The zero-order valence-corrected chi connectivity index (χ0v) is 15.8. The minimum absolute atomic E-state index is 0.00857. The van der Waals surface area contributed by atoms with Crippen LogP contribution in [0.25, 0.3) is 21.9 Å². The maximum atomic E-state index is 13.7. The van der Waals surface area contributed by atoms with Gasteiger partial charge in [-0.15, -0.1) is 0 Å². The minimum atomic E-state index is -0.496. The van der Waals surface area contributed by atoms with Gasteiger partial charge in [0.25, 0.3) is 5.56 Å². The molecule has 0 atom stereocenters. The number of carbonyl (C=O) groups excluding carboxylic acids is 1. The Morgan fingerprint density at radius 2 is 1.96 bits per heavy atom. The molecule has 0 unspecified atom stereocenters. The number of amides is 1. The van der Waals surface area contributed by atoms with Crippen molar-refractivity contribution in [3.63, 3.8) is 0 Å². The number of thioether (sulfide) groups is 1. The molecule has 0 aliphatic heterocycles. The third-order valence-electron chi connectivity index (χ3n) is 4.37. The number of rotatable bonds is 5. The molecule has 2 aromatic carbocycles. The van der Waals surface area contributed by atoms with Gasteiger partial charge >= 0.3 is 0 Å². The number of carbonyl (C=O) groups is 1. The maximum absolute atomic E-state index is 13.7. The first-order valence-corrected chi connectivity index (χ1v) is 9.75. The van der Waals surface area contributed by atoms with Crippen molar-refractivity contribution in [3.8, 4) is 0 Å². The molecule has 4 aromatic rings. The Hall–Kier alpha value is -3.13. The number of aromatic nitrogens is 3. The lowest BCUT2D eigenvalue weighted by molar-refractivity contribution is -0.113. The number of H-pyrrole nitrogens is 1. The number of anilines is 1. The Labute approximate surface area is 163 Å². The molecule has 0 saturated carbocycles. The van der Waals surface area contributed by atoms with Crippen LogP contribution in [-0.2, 0) is 11.3 Å². The van der Waals surface area contributed by atoms with Gasteiger partial charge < -0.3 is 10.3 Å². The number of fused-ring (bicyclic) bond motifs is 3. The van der Waals surface area contributed by atoms with Crippen LogP contribution in [0.5, 0.6) is 0 Å². The van der Waals surface area contributed by atoms with Crippen molar-refractivity contribution < 1.29 is 9.18 Å². The van der Waals surface area contributed by atoms with E-state index in [1.807, 2.05) is 31.2 Å². The highest BCUT2D eigenvalue weighted by Gasteiger charge is 2.16. The average molecular weight is 396 g/mol. The van der Waals surface area contributed by atoms with Crippen LogP contribution in [0, 0.1) is 5.82 Å². The molecule has 0 aliphatic rings. The Bertz CT molecular complexity index is 1250. The van der Waals surface area contributed by atoms with Crippen molar-refractivity contribution in [2.45, 2.75) is 18.6 Å². The van der Waals surface area contributed by atoms with Crippen LogP contribution in [-0.4, -0.2) is 26.2 Å². The molecule has 0 fully saturated rings.